The molecule has 242 valence electrons. The average molecular weight is 640 g/mol. The molecule has 0 saturated heterocycles. The van der Waals surface area contributed by atoms with E-state index in [0.717, 1.165) is 53.9 Å². The molecule has 7 nitrogen and oxygen atoms in total. The third-order valence-corrected chi connectivity index (χ3v) is 7.52. The van der Waals surface area contributed by atoms with Crippen LogP contribution in [0.3, 0.4) is 0 Å². The van der Waals surface area contributed by atoms with Crippen LogP contribution in [0.25, 0.3) is 0 Å². The van der Waals surface area contributed by atoms with Crippen molar-refractivity contribution in [2.45, 2.75) is 76.4 Å². The number of aromatic nitrogens is 4. The van der Waals surface area contributed by atoms with Gasteiger partial charge in [-0.1, -0.05) is 30.4 Å². The molecule has 3 aromatic rings. The summed E-state index contributed by atoms with van der Waals surface area (Å²) in [4.78, 5) is 2.09. The maximum absolute atomic E-state index is 13.8. The molecule has 0 aliphatic heterocycles. The fourth-order valence-corrected chi connectivity index (χ4v) is 5.49. The fraction of sp³-hybridized carbons (Fsp3) is 0.536. The molecule has 16 heteroatoms. The van der Waals surface area contributed by atoms with Gasteiger partial charge in [-0.05, 0) is 71.0 Å². The summed E-state index contributed by atoms with van der Waals surface area (Å²) in [5, 5.41) is 20.8. The molecular weight excluding hydrogens is 609 g/mol. The number of ether oxygens (including phenoxy) is 1. The molecule has 44 heavy (non-hydrogen) atoms. The van der Waals surface area contributed by atoms with Gasteiger partial charge in [0.1, 0.15) is 0 Å². The molecule has 1 heterocycles. The van der Waals surface area contributed by atoms with Crippen molar-refractivity contribution in [1.82, 2.24) is 20.2 Å². The molecule has 0 amide bonds. The maximum atomic E-state index is 13.8. The number of aliphatic hydroxyl groups is 1. The van der Waals surface area contributed by atoms with Gasteiger partial charge in [-0.3, -0.25) is 0 Å². The van der Waals surface area contributed by atoms with Crippen molar-refractivity contribution in [2.75, 3.05) is 18.6 Å². The van der Waals surface area contributed by atoms with Gasteiger partial charge in [0.15, 0.2) is 0 Å². The van der Waals surface area contributed by atoms with Crippen molar-refractivity contribution in [2.24, 2.45) is 5.92 Å². The number of tetrazole rings is 1. The number of nitrogens with zero attached hydrogens (tertiary/aromatic N) is 5. The van der Waals surface area contributed by atoms with Gasteiger partial charge < -0.3 is 14.7 Å². The Bertz CT molecular complexity index is 1370. The van der Waals surface area contributed by atoms with Crippen LogP contribution in [-0.2, 0) is 42.9 Å². The lowest BCUT2D eigenvalue weighted by Gasteiger charge is -2.32. The van der Waals surface area contributed by atoms with E-state index in [0.29, 0.717) is 17.7 Å². The Balaban J connectivity index is 1.83. The van der Waals surface area contributed by atoms with Crippen molar-refractivity contribution in [3.63, 3.8) is 0 Å². The molecule has 1 aromatic heterocycles. The number of methoxy groups -OCH3 is 1. The van der Waals surface area contributed by atoms with Crippen LogP contribution in [0.5, 0.6) is 0 Å². The van der Waals surface area contributed by atoms with Gasteiger partial charge in [0.2, 0.25) is 0 Å². The van der Waals surface area contributed by atoms with Crippen LogP contribution >= 0.6 is 0 Å². The first-order chi connectivity index (χ1) is 20.6. The van der Waals surface area contributed by atoms with Crippen LogP contribution in [0.1, 0.15) is 71.6 Å². The summed E-state index contributed by atoms with van der Waals surface area (Å²) < 4.78 is 129. The van der Waals surface area contributed by atoms with Gasteiger partial charge in [-0.15, -0.1) is 5.10 Å². The molecule has 0 bridgehead atoms. The quantitative estimate of drug-likeness (QED) is 0.237. The lowest BCUT2D eigenvalue weighted by atomic mass is 9.81. The van der Waals surface area contributed by atoms with E-state index in [1.807, 2.05) is 0 Å². The second kappa shape index (κ2) is 13.3. The fourth-order valence-electron chi connectivity index (χ4n) is 5.49. The topological polar surface area (TPSA) is 76.3 Å². The van der Waals surface area contributed by atoms with Crippen LogP contribution in [0.4, 0.5) is 45.5 Å². The summed E-state index contributed by atoms with van der Waals surface area (Å²) >= 11 is 0. The van der Waals surface area contributed by atoms with E-state index in [9.17, 15) is 44.6 Å². The standard InChI is InChI=1S/C28H30F9N5O2/c1-44-24(18-5-3-2-4-6-18)23-8-7-20(26(29,30)31)13-19(23)16-41(25-38-40-42(39-25)9-10-43)15-17-11-21(27(32,33)34)14-22(12-17)28(35,36)37/h7-8,11-14,18,24,43H,2-6,9-10,15-16H2,1H3. The van der Waals surface area contributed by atoms with Gasteiger partial charge in [-0.25, -0.2) is 0 Å². The first-order valence-electron chi connectivity index (χ1n) is 13.7. The lowest BCUT2D eigenvalue weighted by molar-refractivity contribution is -0.143. The number of hydrogen-bond donors (Lipinski definition) is 1. The van der Waals surface area contributed by atoms with E-state index in [-0.39, 0.29) is 30.0 Å². The number of aliphatic hydroxyl groups excluding tert-OH is 1. The predicted octanol–water partition coefficient (Wildman–Crippen LogP) is 7.20. The van der Waals surface area contributed by atoms with E-state index >= 15 is 0 Å². The van der Waals surface area contributed by atoms with E-state index in [1.165, 1.54) is 13.2 Å². The Morgan fingerprint density at radius 3 is 2.02 bits per heavy atom. The van der Waals surface area contributed by atoms with E-state index in [1.54, 1.807) is 0 Å². The minimum absolute atomic E-state index is 0.0120. The summed E-state index contributed by atoms with van der Waals surface area (Å²) in [6, 6.07) is 4.16. The summed E-state index contributed by atoms with van der Waals surface area (Å²) in [6.07, 6.45) is -11.2. The number of rotatable bonds is 10. The highest BCUT2D eigenvalue weighted by molar-refractivity contribution is 5.42. The van der Waals surface area contributed by atoms with E-state index in [2.05, 4.69) is 15.4 Å². The molecule has 0 radical (unpaired) electrons. The van der Waals surface area contributed by atoms with Crippen molar-refractivity contribution in [1.29, 1.82) is 0 Å². The molecule has 4 rings (SSSR count). The Kier molecular flexibility index (Phi) is 10.1. The zero-order chi connectivity index (χ0) is 32.3. The van der Waals surface area contributed by atoms with Crippen LogP contribution in [0, 0.1) is 5.92 Å². The van der Waals surface area contributed by atoms with Crippen LogP contribution in [0.2, 0.25) is 0 Å². The predicted molar refractivity (Wildman–Crippen MR) is 139 cm³/mol. The van der Waals surface area contributed by atoms with Crippen molar-refractivity contribution < 1.29 is 49.4 Å². The number of benzene rings is 2. The molecule has 1 saturated carbocycles. The lowest BCUT2D eigenvalue weighted by Crippen LogP contribution is -2.27. The van der Waals surface area contributed by atoms with Crippen LogP contribution in [-0.4, -0.2) is 39.0 Å². The third kappa shape index (κ3) is 8.20. The minimum Gasteiger partial charge on any atom is -0.394 e. The summed E-state index contributed by atoms with van der Waals surface area (Å²) in [5.74, 6) is -0.293. The zero-order valence-electron chi connectivity index (χ0n) is 23.5. The number of anilines is 1. The Morgan fingerprint density at radius 2 is 1.48 bits per heavy atom. The first-order valence-corrected chi connectivity index (χ1v) is 13.7. The van der Waals surface area contributed by atoms with E-state index in [4.69, 9.17) is 4.74 Å². The molecule has 0 spiro atoms. The maximum Gasteiger partial charge on any atom is 0.416 e. The Morgan fingerprint density at radius 1 is 0.864 bits per heavy atom. The zero-order valence-corrected chi connectivity index (χ0v) is 23.5. The normalized spacial score (nSPS) is 15.9. The van der Waals surface area contributed by atoms with Gasteiger partial charge >= 0.3 is 18.5 Å². The minimum atomic E-state index is -5.11. The van der Waals surface area contributed by atoms with Crippen molar-refractivity contribution in [3.05, 3.63) is 69.8 Å². The highest BCUT2D eigenvalue weighted by Gasteiger charge is 2.38. The summed E-state index contributed by atoms with van der Waals surface area (Å²) in [5.41, 5.74) is -4.04. The smallest absolute Gasteiger partial charge is 0.394 e. The van der Waals surface area contributed by atoms with Gasteiger partial charge in [-0.2, -0.15) is 44.3 Å². The number of hydrogen-bond acceptors (Lipinski definition) is 6. The highest BCUT2D eigenvalue weighted by atomic mass is 19.4. The third-order valence-electron chi connectivity index (χ3n) is 7.52. The molecular formula is C28H30F9N5O2. The number of halogens is 9. The summed E-state index contributed by atoms with van der Waals surface area (Å²) in [7, 11) is 1.43. The van der Waals surface area contributed by atoms with Gasteiger partial charge in [0, 0.05) is 20.2 Å². The van der Waals surface area contributed by atoms with Crippen LogP contribution in [0.15, 0.2) is 36.4 Å². The second-order valence-corrected chi connectivity index (χ2v) is 10.6. The Labute approximate surface area is 246 Å². The van der Waals surface area contributed by atoms with E-state index < -0.39 is 66.6 Å². The average Bonchev–Trinajstić information content (AvgIpc) is 3.41. The molecule has 1 aliphatic carbocycles. The molecule has 1 fully saturated rings. The highest BCUT2D eigenvalue weighted by Crippen LogP contribution is 2.41. The monoisotopic (exact) mass is 639 g/mol. The van der Waals surface area contributed by atoms with Gasteiger partial charge in [0.05, 0.1) is 35.9 Å². The molecule has 1 atom stereocenters. The molecule has 1 unspecified atom stereocenters. The van der Waals surface area contributed by atoms with Crippen molar-refractivity contribution in [3.8, 4) is 0 Å². The molecule has 1 aliphatic rings. The van der Waals surface area contributed by atoms with Gasteiger partial charge in [0.25, 0.3) is 5.95 Å². The van der Waals surface area contributed by atoms with Crippen LogP contribution < -0.4 is 4.90 Å². The Hall–Kier alpha value is -3.40. The molecule has 1 N–H and O–H groups in total. The summed E-state index contributed by atoms with van der Waals surface area (Å²) in [6.45, 7) is -1.62. The first kappa shape index (κ1) is 33.5. The largest absolute Gasteiger partial charge is 0.416 e. The van der Waals surface area contributed by atoms with Crippen molar-refractivity contribution >= 4 is 5.95 Å². The molecule has 2 aromatic carbocycles. The number of alkyl halides is 9. The second-order valence-electron chi connectivity index (χ2n) is 10.6. The SMILES string of the molecule is COC(c1ccc(C(F)(F)F)cc1CN(Cc1cc(C(F)(F)F)cc(C(F)(F)F)c1)c1nnn(CCO)n1)C1CCCCC1.